The minimum Gasteiger partial charge on any atom is -0.385 e. The third-order valence-corrected chi connectivity index (χ3v) is 18.2. The summed E-state index contributed by atoms with van der Waals surface area (Å²) in [5.41, 5.74) is 7.00. The number of benzene rings is 2. The molecule has 11 atom stereocenters. The molecule has 2 aromatic rings. The van der Waals surface area contributed by atoms with Crippen LogP contribution in [0, 0.1) is 29.6 Å². The maximum absolute atomic E-state index is 14.9. The number of imide groups is 1. The van der Waals surface area contributed by atoms with Gasteiger partial charge in [-0.2, -0.15) is 13.2 Å². The number of likely N-dealkylation sites (N-methyl/N-ethyl adjacent to an activating group) is 2. The van der Waals surface area contributed by atoms with Gasteiger partial charge in [0.05, 0.1) is 42.7 Å². The van der Waals surface area contributed by atoms with E-state index in [1.807, 2.05) is 65.6 Å². The molecule has 0 saturated carbocycles. The Kier molecular flexibility index (Phi) is 33.6. The van der Waals surface area contributed by atoms with Gasteiger partial charge in [0.25, 0.3) is 11.8 Å². The summed E-state index contributed by atoms with van der Waals surface area (Å²) in [5.74, 6) is -10.9. The van der Waals surface area contributed by atoms with Crippen molar-refractivity contribution >= 4 is 76.8 Å². The Labute approximate surface area is 578 Å². The molecule has 26 nitrogen and oxygen atoms in total. The molecule has 550 valence electrons. The smallest absolute Gasteiger partial charge is 0.385 e. The SMILES string of the molecule is CC[C@H](C)[C@@H]([C@@H](CC(=O)N1CCC[C@H]1[C@H](OC)[C@@H](C)C(=O)N[C@@H](Cc1ccccc1)C(=O)OC(=O)C(F)(F)F)OC)N(C)C(=O)[C@@H](NC(=O)[C@H](C(C)C)N(C)CCc1ccc(NC(=O)[C@H](CCCNC(N)=O)NC(=O)[C@@H](NC(=O)CCCCCN2C(=O)C=CC2=O)C(C)C)cc1)C(C)C. The minimum atomic E-state index is -5.47. The molecule has 0 unspecified atom stereocenters. The van der Waals surface area contributed by atoms with Crippen LogP contribution in [0.15, 0.2) is 66.7 Å². The number of carbonyl (C=O) groups is 12. The largest absolute Gasteiger partial charge is 0.491 e. The molecule has 99 heavy (non-hydrogen) atoms. The van der Waals surface area contributed by atoms with Crippen LogP contribution in [0.3, 0.4) is 0 Å². The molecule has 0 aliphatic carbocycles. The number of esters is 2. The molecule has 2 aliphatic heterocycles. The Morgan fingerprint density at radius 1 is 0.707 bits per heavy atom. The van der Waals surface area contributed by atoms with Crippen molar-refractivity contribution in [2.24, 2.45) is 35.3 Å². The molecule has 1 fully saturated rings. The number of amides is 11. The lowest BCUT2D eigenvalue weighted by Gasteiger charge is -2.41. The number of likely N-dealkylation sites (tertiary alicyclic amines) is 1. The summed E-state index contributed by atoms with van der Waals surface area (Å²) in [6.45, 7) is 17.4. The second-order valence-corrected chi connectivity index (χ2v) is 26.6. The minimum absolute atomic E-state index is 0.0892. The molecule has 0 spiro atoms. The molecule has 0 aromatic heterocycles. The van der Waals surface area contributed by atoms with Crippen molar-refractivity contribution < 1.29 is 84.9 Å². The van der Waals surface area contributed by atoms with Crippen LogP contribution in [0.1, 0.15) is 138 Å². The van der Waals surface area contributed by atoms with Gasteiger partial charge >= 0.3 is 24.1 Å². The highest BCUT2D eigenvalue weighted by atomic mass is 19.4. The number of ether oxygens (including phenoxy) is 3. The van der Waals surface area contributed by atoms with Crippen molar-refractivity contribution in [2.45, 2.75) is 200 Å². The standard InChI is InChI=1S/C70H104F3N11O15/c1-14-44(8)60(52(97-12)40-56(88)83-37-22-26-51(83)61(98-13)45(9)62(89)78-50(39-47-23-17-15-18-24-47)67(94)99-68(95)70(71,72)73)82(11)66(93)58(42(4)5)80-65(92)59(43(6)7)81(10)38-34-46-28-30-48(31-29-46)76-63(90)49(25-21-35-75-69(74)96)77-64(91)57(41(2)3)79-53(85)27-19-16-20-36-84-54(86)32-33-55(84)87/h15,17-18,23-24,28-33,41-45,49-52,57-61H,14,16,19-22,25-27,34-40H2,1-13H3,(H,76,90)(H,77,91)(H,78,89)(H,79,85)(H,80,92)(H3,74,75,96)/t44-,45+,49-,50-,51-,52+,57-,58-,59-,60-,61+/m0/s1. The van der Waals surface area contributed by atoms with E-state index in [0.29, 0.717) is 62.7 Å². The van der Waals surface area contributed by atoms with Crippen molar-refractivity contribution in [3.63, 3.8) is 0 Å². The normalized spacial score (nSPS) is 17.0. The van der Waals surface area contributed by atoms with Gasteiger partial charge < -0.3 is 61.6 Å². The molecule has 0 radical (unpaired) electrons. The molecule has 2 heterocycles. The number of rotatable bonds is 40. The van der Waals surface area contributed by atoms with E-state index in [1.54, 1.807) is 68.3 Å². The fourth-order valence-corrected chi connectivity index (χ4v) is 12.5. The lowest BCUT2D eigenvalue weighted by atomic mass is 9.89. The van der Waals surface area contributed by atoms with E-state index < -0.39 is 114 Å². The zero-order valence-corrected chi connectivity index (χ0v) is 59.4. The molecule has 11 amide bonds. The monoisotopic (exact) mass is 1400 g/mol. The van der Waals surface area contributed by atoms with Crippen molar-refractivity contribution in [1.82, 2.24) is 46.2 Å². The van der Waals surface area contributed by atoms with Gasteiger partial charge in [0.2, 0.25) is 41.4 Å². The summed E-state index contributed by atoms with van der Waals surface area (Å²) < 4.78 is 55.5. The number of nitrogens with one attached hydrogen (secondary N) is 6. The zero-order valence-electron chi connectivity index (χ0n) is 59.4. The van der Waals surface area contributed by atoms with Crippen LogP contribution in [-0.2, 0) is 79.8 Å². The first-order valence-electron chi connectivity index (χ1n) is 34.0. The highest BCUT2D eigenvalue weighted by Gasteiger charge is 2.46. The number of alkyl halides is 3. The molecule has 2 aromatic carbocycles. The number of halogens is 3. The van der Waals surface area contributed by atoms with E-state index in [4.69, 9.17) is 15.2 Å². The predicted molar refractivity (Wildman–Crippen MR) is 362 cm³/mol. The highest BCUT2D eigenvalue weighted by molar-refractivity contribution is 6.12. The lowest BCUT2D eigenvalue weighted by Crippen LogP contribution is -2.60. The summed E-state index contributed by atoms with van der Waals surface area (Å²) in [7, 11) is 6.23. The first-order chi connectivity index (χ1) is 46.6. The van der Waals surface area contributed by atoms with E-state index in [2.05, 4.69) is 36.6 Å². The first-order valence-corrected chi connectivity index (χ1v) is 34.0. The number of hydrogen-bond acceptors (Lipinski definition) is 16. The first kappa shape index (κ1) is 83.1. The van der Waals surface area contributed by atoms with Crippen LogP contribution in [0.5, 0.6) is 0 Å². The van der Waals surface area contributed by atoms with Crippen LogP contribution in [0.4, 0.5) is 23.7 Å². The number of unbranched alkanes of at least 4 members (excludes halogenated alkanes) is 2. The Balaban J connectivity index is 1.40. The molecular weight excluding hydrogens is 1290 g/mol. The van der Waals surface area contributed by atoms with Crippen LogP contribution >= 0.6 is 0 Å². The molecular formula is C70H104F3N11O15. The summed E-state index contributed by atoms with van der Waals surface area (Å²) in [4.78, 5) is 165. The quantitative estimate of drug-likeness (QED) is 0.0197. The fourth-order valence-electron chi connectivity index (χ4n) is 12.5. The Hall–Kier alpha value is -8.31. The molecule has 4 rings (SSSR count). The average molecular weight is 1400 g/mol. The van der Waals surface area contributed by atoms with Gasteiger partial charge in [-0.3, -0.25) is 53.0 Å². The van der Waals surface area contributed by atoms with Gasteiger partial charge in [-0.1, -0.05) is 118 Å². The average Bonchev–Trinajstić information content (AvgIpc) is 1.74. The maximum atomic E-state index is 14.9. The Morgan fingerprint density at radius 2 is 1.33 bits per heavy atom. The van der Waals surface area contributed by atoms with Gasteiger partial charge in [-0.15, -0.1) is 0 Å². The van der Waals surface area contributed by atoms with Crippen molar-refractivity contribution in [1.29, 1.82) is 0 Å². The molecule has 29 heteroatoms. The third-order valence-electron chi connectivity index (χ3n) is 18.2. The van der Waals surface area contributed by atoms with Crippen LogP contribution in [-0.4, -0.2) is 206 Å². The number of hydrogen-bond donors (Lipinski definition) is 7. The molecule has 2 aliphatic rings. The Bertz CT molecular complexity index is 3080. The summed E-state index contributed by atoms with van der Waals surface area (Å²) in [5, 5.41) is 16.4. The van der Waals surface area contributed by atoms with E-state index in [-0.39, 0.29) is 99.0 Å². The molecule has 8 N–H and O–H groups in total. The van der Waals surface area contributed by atoms with Crippen LogP contribution in [0.25, 0.3) is 0 Å². The van der Waals surface area contributed by atoms with Crippen molar-refractivity contribution in [3.8, 4) is 0 Å². The summed E-state index contributed by atoms with van der Waals surface area (Å²) >= 11 is 0. The summed E-state index contributed by atoms with van der Waals surface area (Å²) in [6, 6.07) is 7.55. The Morgan fingerprint density at radius 3 is 1.90 bits per heavy atom. The van der Waals surface area contributed by atoms with Crippen LogP contribution in [0.2, 0.25) is 0 Å². The van der Waals surface area contributed by atoms with Crippen molar-refractivity contribution in [2.75, 3.05) is 59.8 Å². The van der Waals surface area contributed by atoms with Gasteiger partial charge in [0.15, 0.2) is 0 Å². The van der Waals surface area contributed by atoms with E-state index >= 15 is 0 Å². The van der Waals surface area contributed by atoms with E-state index in [1.165, 1.54) is 38.2 Å². The number of urea groups is 1. The van der Waals surface area contributed by atoms with Crippen LogP contribution < -0.4 is 37.6 Å². The highest BCUT2D eigenvalue weighted by Crippen LogP contribution is 2.31. The number of nitrogens with two attached hydrogens (primary N) is 1. The van der Waals surface area contributed by atoms with Crippen molar-refractivity contribution in [3.05, 3.63) is 77.9 Å². The number of nitrogens with zero attached hydrogens (tertiary/aromatic N) is 4. The van der Waals surface area contributed by atoms with Gasteiger partial charge in [0.1, 0.15) is 24.2 Å². The van der Waals surface area contributed by atoms with Gasteiger partial charge in [0, 0.05) is 78.1 Å². The number of methoxy groups -OCH3 is 2. The topological polar surface area (TPSA) is 344 Å². The number of anilines is 1. The van der Waals surface area contributed by atoms with E-state index in [0.717, 1.165) is 10.5 Å². The fraction of sp³-hybridized carbons (Fsp3) is 0.629. The molecule has 0 bridgehead atoms. The number of carbonyl (C=O) groups excluding carboxylic acids is 12. The second-order valence-electron chi connectivity index (χ2n) is 26.6. The number of primary amides is 1. The van der Waals surface area contributed by atoms with E-state index in [9.17, 15) is 70.7 Å². The van der Waals surface area contributed by atoms with Gasteiger partial charge in [-0.25, -0.2) is 14.4 Å². The van der Waals surface area contributed by atoms with Gasteiger partial charge in [-0.05, 0) is 98.9 Å². The lowest BCUT2D eigenvalue weighted by molar-refractivity contribution is -0.202. The molecule has 1 saturated heterocycles. The second kappa shape index (κ2) is 40.1. The maximum Gasteiger partial charge on any atom is 0.491 e. The third kappa shape index (κ3) is 25.4. The zero-order chi connectivity index (χ0) is 74.0. The predicted octanol–water partition coefficient (Wildman–Crippen LogP) is 5.10. The summed E-state index contributed by atoms with van der Waals surface area (Å²) in [6.07, 6.45) is -1.44.